The van der Waals surface area contributed by atoms with E-state index < -0.39 is 15.9 Å². The average Bonchev–Trinajstić information content (AvgIpc) is 2.72. The minimum Gasteiger partial charge on any atom is -0.508 e. The molecule has 164 valence electrons. The van der Waals surface area contributed by atoms with Gasteiger partial charge in [-0.2, -0.15) is 4.31 Å². The van der Waals surface area contributed by atoms with Crippen LogP contribution in [0.1, 0.15) is 24.2 Å². The van der Waals surface area contributed by atoms with E-state index in [-0.39, 0.29) is 46.5 Å². The standard InChI is InChI=1S/C20H26N2O7S/c1-6-22(7-2)30(25,26)16-12-15(17(27-3)19(29-5)18(16)28-4)20(24)21-13-9-8-10-14(23)11-13/h8-12,23H,6-7H2,1-5H3,(H,21,24). The van der Waals surface area contributed by atoms with E-state index in [0.717, 1.165) is 0 Å². The lowest BCUT2D eigenvalue weighted by molar-refractivity contribution is 0.102. The average molecular weight is 439 g/mol. The summed E-state index contributed by atoms with van der Waals surface area (Å²) in [7, 11) is -0.0150. The molecule has 2 N–H and O–H groups in total. The Hall–Kier alpha value is -2.98. The summed E-state index contributed by atoms with van der Waals surface area (Å²) in [4.78, 5) is 12.8. The number of phenols is 1. The van der Waals surface area contributed by atoms with Crippen molar-refractivity contribution >= 4 is 21.6 Å². The molecular formula is C20H26N2O7S. The van der Waals surface area contributed by atoms with E-state index in [2.05, 4.69) is 5.32 Å². The lowest BCUT2D eigenvalue weighted by Crippen LogP contribution is -2.31. The Morgan fingerprint density at radius 1 is 1.00 bits per heavy atom. The number of anilines is 1. The molecule has 0 aliphatic heterocycles. The van der Waals surface area contributed by atoms with Gasteiger partial charge in [-0.1, -0.05) is 19.9 Å². The first-order valence-electron chi connectivity index (χ1n) is 9.18. The van der Waals surface area contributed by atoms with Crippen LogP contribution in [0.4, 0.5) is 5.69 Å². The molecule has 2 aromatic carbocycles. The van der Waals surface area contributed by atoms with Crippen LogP contribution in [0.15, 0.2) is 35.2 Å². The van der Waals surface area contributed by atoms with E-state index in [1.807, 2.05) is 0 Å². The highest BCUT2D eigenvalue weighted by Crippen LogP contribution is 2.45. The van der Waals surface area contributed by atoms with Crippen LogP contribution in [0.5, 0.6) is 23.0 Å². The van der Waals surface area contributed by atoms with Crippen molar-refractivity contribution in [1.29, 1.82) is 0 Å². The molecule has 0 saturated heterocycles. The van der Waals surface area contributed by atoms with Gasteiger partial charge in [-0.25, -0.2) is 8.42 Å². The number of benzene rings is 2. The van der Waals surface area contributed by atoms with Gasteiger partial charge in [-0.15, -0.1) is 0 Å². The van der Waals surface area contributed by atoms with Crippen LogP contribution in [0, 0.1) is 0 Å². The Bertz CT molecular complexity index is 1020. The van der Waals surface area contributed by atoms with Gasteiger partial charge in [0.15, 0.2) is 11.5 Å². The lowest BCUT2D eigenvalue weighted by Gasteiger charge is -2.23. The van der Waals surface area contributed by atoms with E-state index in [0.29, 0.717) is 5.69 Å². The second-order valence-corrected chi connectivity index (χ2v) is 8.02. The van der Waals surface area contributed by atoms with E-state index in [1.54, 1.807) is 26.0 Å². The van der Waals surface area contributed by atoms with Gasteiger partial charge in [0.1, 0.15) is 10.6 Å². The number of amides is 1. The highest BCUT2D eigenvalue weighted by molar-refractivity contribution is 7.89. The van der Waals surface area contributed by atoms with Crippen molar-refractivity contribution in [3.05, 3.63) is 35.9 Å². The van der Waals surface area contributed by atoms with Crippen molar-refractivity contribution in [3.8, 4) is 23.0 Å². The summed E-state index contributed by atoms with van der Waals surface area (Å²) in [6, 6.07) is 7.16. The largest absolute Gasteiger partial charge is 0.508 e. The molecule has 0 fully saturated rings. The third kappa shape index (κ3) is 4.44. The van der Waals surface area contributed by atoms with Crippen LogP contribution in [0.25, 0.3) is 0 Å². The summed E-state index contributed by atoms with van der Waals surface area (Å²) < 4.78 is 43.7. The number of carbonyl (C=O) groups is 1. The van der Waals surface area contributed by atoms with Crippen molar-refractivity contribution in [1.82, 2.24) is 4.31 Å². The van der Waals surface area contributed by atoms with Gasteiger partial charge in [-0.05, 0) is 18.2 Å². The fourth-order valence-electron chi connectivity index (χ4n) is 3.03. The van der Waals surface area contributed by atoms with Crippen LogP contribution in [-0.4, -0.2) is 58.2 Å². The monoisotopic (exact) mass is 438 g/mol. The van der Waals surface area contributed by atoms with Crippen LogP contribution in [0.3, 0.4) is 0 Å². The predicted molar refractivity (Wildman–Crippen MR) is 112 cm³/mol. The molecule has 0 radical (unpaired) electrons. The molecule has 1 amide bonds. The van der Waals surface area contributed by atoms with Gasteiger partial charge in [-0.3, -0.25) is 4.79 Å². The molecule has 0 heterocycles. The van der Waals surface area contributed by atoms with E-state index in [4.69, 9.17) is 14.2 Å². The maximum Gasteiger partial charge on any atom is 0.259 e. The van der Waals surface area contributed by atoms with Crippen LogP contribution in [-0.2, 0) is 10.0 Å². The zero-order chi connectivity index (χ0) is 22.5. The Morgan fingerprint density at radius 3 is 2.10 bits per heavy atom. The number of sulfonamides is 1. The Balaban J connectivity index is 2.72. The first kappa shape index (κ1) is 23.3. The first-order valence-corrected chi connectivity index (χ1v) is 10.6. The van der Waals surface area contributed by atoms with Gasteiger partial charge in [0, 0.05) is 24.8 Å². The molecule has 0 unspecified atom stereocenters. The van der Waals surface area contributed by atoms with Gasteiger partial charge in [0.2, 0.25) is 15.8 Å². The normalized spacial score (nSPS) is 11.3. The number of methoxy groups -OCH3 is 3. The van der Waals surface area contributed by atoms with Crippen molar-refractivity contribution in [2.24, 2.45) is 0 Å². The quantitative estimate of drug-likeness (QED) is 0.619. The first-order chi connectivity index (χ1) is 14.2. The van der Waals surface area contributed by atoms with Gasteiger partial charge < -0.3 is 24.6 Å². The maximum atomic E-state index is 13.2. The number of hydrogen-bond donors (Lipinski definition) is 2. The Labute approximate surface area is 176 Å². The Morgan fingerprint density at radius 2 is 1.60 bits per heavy atom. The molecule has 9 nitrogen and oxygen atoms in total. The molecule has 2 aromatic rings. The third-order valence-corrected chi connectivity index (χ3v) is 6.50. The number of phenolic OH excluding ortho intramolecular Hbond substituents is 1. The van der Waals surface area contributed by atoms with E-state index in [9.17, 15) is 18.3 Å². The Kier molecular flexibility index (Phi) is 7.52. The smallest absolute Gasteiger partial charge is 0.259 e. The highest BCUT2D eigenvalue weighted by atomic mass is 32.2. The molecule has 2 rings (SSSR count). The zero-order valence-corrected chi connectivity index (χ0v) is 18.4. The van der Waals surface area contributed by atoms with Crippen molar-refractivity contribution < 1.29 is 32.5 Å². The molecule has 0 aliphatic rings. The number of ether oxygens (including phenoxy) is 3. The number of hydrogen-bond acceptors (Lipinski definition) is 7. The summed E-state index contributed by atoms with van der Waals surface area (Å²) in [5, 5.41) is 12.2. The van der Waals surface area contributed by atoms with Crippen LogP contribution >= 0.6 is 0 Å². The fraction of sp³-hybridized carbons (Fsp3) is 0.350. The molecule has 0 bridgehead atoms. The van der Waals surface area contributed by atoms with E-state index >= 15 is 0 Å². The molecule has 0 spiro atoms. The summed E-state index contributed by atoms with van der Waals surface area (Å²) in [6.45, 7) is 3.90. The fourth-order valence-corrected chi connectivity index (χ4v) is 4.66. The predicted octanol–water partition coefficient (Wildman–Crippen LogP) is 2.70. The second kappa shape index (κ2) is 9.68. The minimum atomic E-state index is -3.98. The van der Waals surface area contributed by atoms with Crippen molar-refractivity contribution in [2.75, 3.05) is 39.7 Å². The number of carbonyl (C=O) groups excluding carboxylic acids is 1. The molecule has 10 heteroatoms. The zero-order valence-electron chi connectivity index (χ0n) is 17.6. The highest BCUT2D eigenvalue weighted by Gasteiger charge is 2.33. The molecule has 0 aliphatic carbocycles. The molecular weight excluding hydrogens is 412 g/mol. The maximum absolute atomic E-state index is 13.2. The van der Waals surface area contributed by atoms with Crippen LogP contribution < -0.4 is 19.5 Å². The molecule has 0 atom stereocenters. The topological polar surface area (TPSA) is 114 Å². The second-order valence-electron chi connectivity index (χ2n) is 6.12. The van der Waals surface area contributed by atoms with E-state index in [1.165, 1.54) is 43.8 Å². The number of nitrogens with zero attached hydrogens (tertiary/aromatic N) is 1. The number of rotatable bonds is 9. The number of aromatic hydroxyl groups is 1. The summed E-state index contributed by atoms with van der Waals surface area (Å²) >= 11 is 0. The van der Waals surface area contributed by atoms with Gasteiger partial charge in [0.25, 0.3) is 5.91 Å². The summed E-state index contributed by atoms with van der Waals surface area (Å²) in [5.41, 5.74) is 0.259. The van der Waals surface area contributed by atoms with Gasteiger partial charge >= 0.3 is 0 Å². The third-order valence-electron chi connectivity index (χ3n) is 4.44. The minimum absolute atomic E-state index is 0.0190. The lowest BCUT2D eigenvalue weighted by atomic mass is 10.1. The number of nitrogens with one attached hydrogen (secondary N) is 1. The van der Waals surface area contributed by atoms with Crippen molar-refractivity contribution in [3.63, 3.8) is 0 Å². The van der Waals surface area contributed by atoms with Crippen LogP contribution in [0.2, 0.25) is 0 Å². The summed E-state index contributed by atoms with van der Waals surface area (Å²) in [6.07, 6.45) is 0. The van der Waals surface area contributed by atoms with Gasteiger partial charge in [0.05, 0.1) is 26.9 Å². The SMILES string of the molecule is CCN(CC)S(=O)(=O)c1cc(C(=O)Nc2cccc(O)c2)c(OC)c(OC)c1OC. The molecule has 0 saturated carbocycles. The summed E-state index contributed by atoms with van der Waals surface area (Å²) in [5.74, 6) is -0.735. The molecule has 30 heavy (non-hydrogen) atoms. The van der Waals surface area contributed by atoms with Crippen molar-refractivity contribution in [2.45, 2.75) is 18.7 Å². The molecule has 0 aromatic heterocycles.